The minimum Gasteiger partial charge on any atom is -0.459 e. The molecule has 9 heteroatoms. The number of hydrogen-bond donors (Lipinski definition) is 1. The van der Waals surface area contributed by atoms with Crippen LogP contribution in [0.15, 0.2) is 30.0 Å². The number of ether oxygens (including phenoxy) is 5. The smallest absolute Gasteiger partial charge is 0.288 e. The highest BCUT2D eigenvalue weighted by Gasteiger charge is 2.34. The first-order valence-electron chi connectivity index (χ1n) is 13.3. The summed E-state index contributed by atoms with van der Waals surface area (Å²) in [4.78, 5) is 18.1. The van der Waals surface area contributed by atoms with Gasteiger partial charge in [-0.25, -0.2) is 0 Å². The van der Waals surface area contributed by atoms with Crippen molar-refractivity contribution in [1.82, 2.24) is 9.80 Å². The second kappa shape index (κ2) is 12.3. The number of fused-ring (bicyclic) bond motifs is 1. The summed E-state index contributed by atoms with van der Waals surface area (Å²) in [5.41, 5.74) is 1.03. The van der Waals surface area contributed by atoms with E-state index in [1.54, 1.807) is 0 Å². The number of hydrogen-bond acceptors (Lipinski definition) is 8. The van der Waals surface area contributed by atoms with Gasteiger partial charge >= 0.3 is 0 Å². The van der Waals surface area contributed by atoms with E-state index in [9.17, 15) is 4.79 Å². The van der Waals surface area contributed by atoms with Gasteiger partial charge in [-0.1, -0.05) is 12.5 Å². The van der Waals surface area contributed by atoms with Crippen molar-refractivity contribution in [2.75, 3.05) is 59.4 Å². The minimum atomic E-state index is -0.562. The fraction of sp³-hybridized carbons (Fsp3) is 0.667. The van der Waals surface area contributed by atoms with E-state index in [0.29, 0.717) is 31.4 Å². The Morgan fingerprint density at radius 1 is 1.00 bits per heavy atom. The molecule has 1 N–H and O–H groups in total. The molecule has 198 valence electrons. The fourth-order valence-corrected chi connectivity index (χ4v) is 5.57. The lowest BCUT2D eigenvalue weighted by molar-refractivity contribution is -0.157. The number of amides is 1. The summed E-state index contributed by atoms with van der Waals surface area (Å²) < 4.78 is 28.3. The van der Waals surface area contributed by atoms with Crippen molar-refractivity contribution < 1.29 is 33.6 Å². The molecule has 0 aliphatic carbocycles. The van der Waals surface area contributed by atoms with Gasteiger partial charge < -0.3 is 38.6 Å². The quantitative estimate of drug-likeness (QED) is 0.516. The van der Waals surface area contributed by atoms with Crippen LogP contribution >= 0.6 is 0 Å². The van der Waals surface area contributed by atoms with E-state index in [0.717, 1.165) is 43.0 Å². The second-order valence-corrected chi connectivity index (χ2v) is 9.86. The molecule has 0 spiro atoms. The van der Waals surface area contributed by atoms with E-state index in [2.05, 4.69) is 4.90 Å². The van der Waals surface area contributed by atoms with Crippen LogP contribution in [0.5, 0.6) is 11.5 Å². The zero-order valence-electron chi connectivity index (χ0n) is 20.9. The van der Waals surface area contributed by atoms with Gasteiger partial charge in [-0.05, 0) is 62.5 Å². The summed E-state index contributed by atoms with van der Waals surface area (Å²) >= 11 is 0. The van der Waals surface area contributed by atoms with E-state index >= 15 is 0 Å². The molecule has 0 aromatic heterocycles. The molecule has 1 aromatic carbocycles. The minimum absolute atomic E-state index is 0.0258. The van der Waals surface area contributed by atoms with Gasteiger partial charge in [-0.15, -0.1) is 0 Å². The molecule has 0 bridgehead atoms. The molecule has 9 nitrogen and oxygen atoms in total. The zero-order chi connectivity index (χ0) is 24.7. The Balaban J connectivity index is 1.25. The van der Waals surface area contributed by atoms with Crippen molar-refractivity contribution in [1.29, 1.82) is 0 Å². The summed E-state index contributed by atoms with van der Waals surface area (Å²) in [6, 6.07) is 6.47. The van der Waals surface area contributed by atoms with Gasteiger partial charge in [0.15, 0.2) is 17.3 Å². The molecule has 4 aliphatic heterocycles. The number of nitrogens with zero attached hydrogens (tertiary/aromatic N) is 2. The zero-order valence-corrected chi connectivity index (χ0v) is 20.9. The Morgan fingerprint density at radius 3 is 2.61 bits per heavy atom. The van der Waals surface area contributed by atoms with Gasteiger partial charge in [-0.2, -0.15) is 0 Å². The topological polar surface area (TPSA) is 89.9 Å². The number of carbonyl (C=O) groups is 1. The maximum absolute atomic E-state index is 13.5. The van der Waals surface area contributed by atoms with E-state index in [1.165, 1.54) is 32.4 Å². The van der Waals surface area contributed by atoms with Crippen LogP contribution in [0.1, 0.15) is 50.0 Å². The van der Waals surface area contributed by atoms with Crippen molar-refractivity contribution in [2.24, 2.45) is 0 Å². The number of benzene rings is 1. The normalized spacial score (nSPS) is 24.9. The molecule has 4 aliphatic rings. The maximum Gasteiger partial charge on any atom is 0.288 e. The number of aliphatic hydroxyl groups is 1. The van der Waals surface area contributed by atoms with Crippen LogP contribution in [-0.2, 0) is 19.0 Å². The van der Waals surface area contributed by atoms with Gasteiger partial charge in [0, 0.05) is 31.5 Å². The lowest BCUT2D eigenvalue weighted by Gasteiger charge is -2.40. The Kier molecular flexibility index (Phi) is 8.63. The van der Waals surface area contributed by atoms with Crippen LogP contribution in [0.3, 0.4) is 0 Å². The number of aliphatic hydroxyl groups excluding tert-OH is 1. The summed E-state index contributed by atoms with van der Waals surface area (Å²) in [7, 11) is 0. The molecule has 0 saturated carbocycles. The summed E-state index contributed by atoms with van der Waals surface area (Å²) in [6.45, 7) is 5.00. The lowest BCUT2D eigenvalue weighted by atomic mass is 9.92. The van der Waals surface area contributed by atoms with Gasteiger partial charge in [0.2, 0.25) is 13.1 Å². The van der Waals surface area contributed by atoms with Crippen LogP contribution in [0.2, 0.25) is 0 Å². The molecular weight excluding hydrogens is 464 g/mol. The van der Waals surface area contributed by atoms with Crippen molar-refractivity contribution in [3.8, 4) is 11.5 Å². The standard InChI is InChI=1S/C27H38N2O7/c30-12-13-32-14-15-33-26-18-21(20-4-5-23-24(16-20)35-19-34-23)17-25(36-26)27(31)29-10-6-22(7-11-29)28-8-2-1-3-9-28/h4-5,16-17,21-22,26,30H,1-3,6-15,18-19H2/t21-,26+/m1/s1. The molecule has 36 heavy (non-hydrogen) atoms. The Labute approximate surface area is 212 Å². The SMILES string of the molecule is O=C(C1=C[C@@H](c2ccc3c(c2)OCO3)C[C@@H](OCCOCCO)O1)N1CCC(N2CCCCC2)CC1. The number of rotatable bonds is 9. The van der Waals surface area contributed by atoms with Crippen molar-refractivity contribution in [2.45, 2.75) is 56.8 Å². The summed E-state index contributed by atoms with van der Waals surface area (Å²) in [5.74, 6) is 1.68. The highest BCUT2D eigenvalue weighted by Crippen LogP contribution is 2.38. The monoisotopic (exact) mass is 502 g/mol. The molecule has 2 fully saturated rings. The van der Waals surface area contributed by atoms with Gasteiger partial charge in [0.05, 0.1) is 26.4 Å². The summed E-state index contributed by atoms with van der Waals surface area (Å²) in [6.07, 6.45) is 7.86. The van der Waals surface area contributed by atoms with E-state index < -0.39 is 6.29 Å². The molecule has 2 saturated heterocycles. The highest BCUT2D eigenvalue weighted by molar-refractivity contribution is 5.92. The molecule has 1 aromatic rings. The average molecular weight is 503 g/mol. The third-order valence-electron chi connectivity index (χ3n) is 7.52. The van der Waals surface area contributed by atoms with Crippen molar-refractivity contribution >= 4 is 5.91 Å². The first-order valence-corrected chi connectivity index (χ1v) is 13.3. The highest BCUT2D eigenvalue weighted by atomic mass is 16.7. The van der Waals surface area contributed by atoms with Crippen LogP contribution < -0.4 is 9.47 Å². The molecule has 0 radical (unpaired) electrons. The Bertz CT molecular complexity index is 909. The molecule has 0 unspecified atom stereocenters. The lowest BCUT2D eigenvalue weighted by Crippen LogP contribution is -2.49. The molecule has 4 heterocycles. The van der Waals surface area contributed by atoms with E-state index in [-0.39, 0.29) is 31.8 Å². The number of likely N-dealkylation sites (tertiary alicyclic amines) is 2. The Morgan fingerprint density at radius 2 is 1.81 bits per heavy atom. The second-order valence-electron chi connectivity index (χ2n) is 9.86. The molecule has 2 atom stereocenters. The van der Waals surface area contributed by atoms with Gasteiger partial charge in [-0.3, -0.25) is 4.79 Å². The summed E-state index contributed by atoms with van der Waals surface area (Å²) in [5, 5.41) is 8.89. The number of piperidine rings is 2. The first kappa shape index (κ1) is 25.3. The third-order valence-corrected chi connectivity index (χ3v) is 7.52. The van der Waals surface area contributed by atoms with Crippen molar-refractivity contribution in [3.05, 3.63) is 35.6 Å². The predicted octanol–water partition coefficient (Wildman–Crippen LogP) is 2.63. The maximum atomic E-state index is 13.5. The number of carbonyl (C=O) groups excluding carboxylic acids is 1. The van der Waals surface area contributed by atoms with E-state index in [4.69, 9.17) is 28.8 Å². The van der Waals surface area contributed by atoms with Crippen LogP contribution in [-0.4, -0.2) is 92.5 Å². The van der Waals surface area contributed by atoms with Crippen LogP contribution in [0.4, 0.5) is 0 Å². The average Bonchev–Trinajstić information content (AvgIpc) is 3.41. The third kappa shape index (κ3) is 6.14. The molecule has 1 amide bonds. The largest absolute Gasteiger partial charge is 0.459 e. The predicted molar refractivity (Wildman–Crippen MR) is 132 cm³/mol. The fourth-order valence-electron chi connectivity index (χ4n) is 5.57. The van der Waals surface area contributed by atoms with Gasteiger partial charge in [0.25, 0.3) is 5.91 Å². The van der Waals surface area contributed by atoms with E-state index in [1.807, 2.05) is 29.2 Å². The van der Waals surface area contributed by atoms with Crippen LogP contribution in [0.25, 0.3) is 0 Å². The Hall–Kier alpha value is -2.33. The van der Waals surface area contributed by atoms with Gasteiger partial charge in [0.1, 0.15) is 0 Å². The number of allylic oxidation sites excluding steroid dienone is 1. The first-order chi connectivity index (χ1) is 17.7. The van der Waals surface area contributed by atoms with Crippen LogP contribution in [0, 0.1) is 0 Å². The molecule has 5 rings (SSSR count). The molecular formula is C27H38N2O7. The van der Waals surface area contributed by atoms with Crippen molar-refractivity contribution in [3.63, 3.8) is 0 Å².